The Morgan fingerprint density at radius 1 is 1.09 bits per heavy atom. The van der Waals surface area contributed by atoms with Gasteiger partial charge >= 0.3 is 5.97 Å². The van der Waals surface area contributed by atoms with Crippen molar-refractivity contribution < 1.29 is 19.1 Å². The second kappa shape index (κ2) is 8.59. The van der Waals surface area contributed by atoms with Crippen LogP contribution in [0.2, 0.25) is 0 Å². The smallest absolute Gasteiger partial charge is 0.325 e. The lowest BCUT2D eigenvalue weighted by molar-refractivity contribution is -0.140. The predicted octanol–water partition coefficient (Wildman–Crippen LogP) is 4.39. The molecule has 7 heteroatoms. The van der Waals surface area contributed by atoms with Crippen molar-refractivity contribution in [1.29, 1.82) is 0 Å². The monoisotopic (exact) mass is 448 g/mol. The molecule has 0 unspecified atom stereocenters. The van der Waals surface area contributed by atoms with Crippen LogP contribution in [0.3, 0.4) is 0 Å². The molecule has 2 amide bonds. The number of carbonyl (C=O) groups excluding carboxylic acids is 3. The summed E-state index contributed by atoms with van der Waals surface area (Å²) < 4.78 is 4.73. The van der Waals surface area contributed by atoms with Gasteiger partial charge in [0, 0.05) is 28.2 Å². The first-order valence-corrected chi connectivity index (χ1v) is 11.1. The molecule has 1 aromatic heterocycles. The van der Waals surface area contributed by atoms with Gasteiger partial charge in [0.15, 0.2) is 0 Å². The molecule has 0 saturated heterocycles. The lowest BCUT2D eigenvalue weighted by Gasteiger charge is -2.19. The van der Waals surface area contributed by atoms with Gasteiger partial charge in [-0.3, -0.25) is 14.4 Å². The highest BCUT2D eigenvalue weighted by Gasteiger charge is 2.44. The highest BCUT2D eigenvalue weighted by molar-refractivity contribution is 7.09. The van der Waals surface area contributed by atoms with E-state index in [4.69, 9.17) is 4.74 Å². The number of nitrogens with one attached hydrogen (secondary N) is 1. The Labute approximate surface area is 190 Å². The summed E-state index contributed by atoms with van der Waals surface area (Å²) in [5, 5.41) is 4.99. The molecular weight excluding hydrogens is 424 g/mol. The van der Waals surface area contributed by atoms with Crippen LogP contribution in [0.25, 0.3) is 0 Å². The number of hydrogen-bond donors (Lipinski definition) is 1. The molecule has 3 aromatic rings. The van der Waals surface area contributed by atoms with Crippen LogP contribution in [0.5, 0.6) is 0 Å². The van der Waals surface area contributed by atoms with Crippen LogP contribution in [-0.4, -0.2) is 31.4 Å². The first kappa shape index (κ1) is 21.8. The summed E-state index contributed by atoms with van der Waals surface area (Å²) in [6.07, 6.45) is 0.690. The van der Waals surface area contributed by atoms with E-state index < -0.39 is 11.4 Å². The maximum atomic E-state index is 13.1. The fraction of sp³-hybridized carbons (Fsp3) is 0.240. The van der Waals surface area contributed by atoms with Crippen molar-refractivity contribution in [2.75, 3.05) is 23.9 Å². The molecule has 0 radical (unpaired) electrons. The van der Waals surface area contributed by atoms with Crippen LogP contribution in [0.15, 0.2) is 60.0 Å². The van der Waals surface area contributed by atoms with Crippen molar-refractivity contribution in [3.8, 4) is 0 Å². The molecular formula is C25H24N2O4S. The van der Waals surface area contributed by atoms with Gasteiger partial charge in [-0.25, -0.2) is 0 Å². The molecule has 1 aliphatic rings. The summed E-state index contributed by atoms with van der Waals surface area (Å²) >= 11 is 1.66. The zero-order valence-corrected chi connectivity index (χ0v) is 19.0. The normalized spacial score (nSPS) is 14.2. The molecule has 0 bridgehead atoms. The molecule has 0 spiro atoms. The number of benzene rings is 2. The van der Waals surface area contributed by atoms with Crippen LogP contribution < -0.4 is 10.2 Å². The van der Waals surface area contributed by atoms with E-state index in [0.717, 1.165) is 11.1 Å². The van der Waals surface area contributed by atoms with Gasteiger partial charge in [0.1, 0.15) is 6.54 Å². The first-order valence-electron chi connectivity index (χ1n) is 10.3. The van der Waals surface area contributed by atoms with Crippen molar-refractivity contribution in [2.45, 2.75) is 25.7 Å². The van der Waals surface area contributed by atoms with E-state index in [9.17, 15) is 14.4 Å². The zero-order valence-electron chi connectivity index (χ0n) is 18.2. The molecule has 1 N–H and O–H groups in total. The van der Waals surface area contributed by atoms with E-state index in [1.54, 1.807) is 23.5 Å². The SMILES string of the molecule is COC(=O)CN1C(=O)C(C)(C)c2cc(NC(=O)c3ccccc3Cc3cccs3)ccc21. The summed E-state index contributed by atoms with van der Waals surface area (Å²) in [7, 11) is 1.30. The van der Waals surface area contributed by atoms with Gasteiger partial charge < -0.3 is 15.0 Å². The molecule has 0 saturated carbocycles. The lowest BCUT2D eigenvalue weighted by Crippen LogP contribution is -2.39. The Morgan fingerprint density at radius 2 is 1.88 bits per heavy atom. The van der Waals surface area contributed by atoms with E-state index >= 15 is 0 Å². The van der Waals surface area contributed by atoms with E-state index in [0.29, 0.717) is 23.4 Å². The van der Waals surface area contributed by atoms with Gasteiger partial charge in [0.25, 0.3) is 5.91 Å². The maximum Gasteiger partial charge on any atom is 0.325 e. The van der Waals surface area contributed by atoms with E-state index in [1.165, 1.54) is 16.9 Å². The molecule has 1 aliphatic heterocycles. The summed E-state index contributed by atoms with van der Waals surface area (Å²) in [4.78, 5) is 40.4. The Balaban J connectivity index is 1.60. The van der Waals surface area contributed by atoms with Crippen molar-refractivity contribution in [3.05, 3.63) is 81.5 Å². The average molecular weight is 449 g/mol. The Kier molecular flexibility index (Phi) is 5.84. The van der Waals surface area contributed by atoms with Gasteiger partial charge in [-0.05, 0) is 60.7 Å². The quantitative estimate of drug-likeness (QED) is 0.568. The number of carbonyl (C=O) groups is 3. The standard InChI is InChI=1S/C25H24N2O4S/c1-25(2)20-14-17(10-11-21(20)27(24(25)30)15-22(28)31-3)26-23(29)19-9-5-4-7-16(19)13-18-8-6-12-32-18/h4-12,14H,13,15H2,1-3H3,(H,26,29). The third-order valence-electron chi connectivity index (χ3n) is 5.72. The Hall–Kier alpha value is -3.45. The van der Waals surface area contributed by atoms with Gasteiger partial charge in [-0.2, -0.15) is 0 Å². The van der Waals surface area contributed by atoms with Gasteiger partial charge in [0.2, 0.25) is 5.91 Å². The van der Waals surface area contributed by atoms with Gasteiger partial charge in [-0.15, -0.1) is 11.3 Å². The number of anilines is 2. The Morgan fingerprint density at radius 3 is 2.59 bits per heavy atom. The molecule has 2 heterocycles. The minimum Gasteiger partial charge on any atom is -0.468 e. The second-order valence-corrected chi connectivity index (χ2v) is 9.22. The predicted molar refractivity (Wildman–Crippen MR) is 125 cm³/mol. The van der Waals surface area contributed by atoms with Crippen LogP contribution in [-0.2, 0) is 26.2 Å². The number of thiophene rings is 1. The zero-order chi connectivity index (χ0) is 22.9. The second-order valence-electron chi connectivity index (χ2n) is 8.19. The molecule has 6 nitrogen and oxygen atoms in total. The highest BCUT2D eigenvalue weighted by Crippen LogP contribution is 2.42. The molecule has 4 rings (SSSR count). The molecule has 2 aromatic carbocycles. The largest absolute Gasteiger partial charge is 0.468 e. The van der Waals surface area contributed by atoms with Crippen molar-refractivity contribution in [2.24, 2.45) is 0 Å². The number of fused-ring (bicyclic) bond motifs is 1. The van der Waals surface area contributed by atoms with Crippen molar-refractivity contribution in [1.82, 2.24) is 0 Å². The molecule has 0 atom stereocenters. The highest BCUT2D eigenvalue weighted by atomic mass is 32.1. The number of nitrogens with zero attached hydrogens (tertiary/aromatic N) is 1. The molecule has 0 aliphatic carbocycles. The number of esters is 1. The van der Waals surface area contributed by atoms with E-state index in [-0.39, 0.29) is 18.4 Å². The fourth-order valence-corrected chi connectivity index (χ4v) is 4.69. The fourth-order valence-electron chi connectivity index (χ4n) is 3.96. The van der Waals surface area contributed by atoms with Crippen LogP contribution in [0, 0.1) is 0 Å². The van der Waals surface area contributed by atoms with Crippen LogP contribution in [0.4, 0.5) is 11.4 Å². The number of amides is 2. The van der Waals surface area contributed by atoms with Crippen LogP contribution in [0.1, 0.15) is 40.2 Å². The minimum atomic E-state index is -0.818. The summed E-state index contributed by atoms with van der Waals surface area (Å²) in [6.45, 7) is 3.48. The summed E-state index contributed by atoms with van der Waals surface area (Å²) in [5.41, 5.74) is 2.76. The first-order chi connectivity index (χ1) is 15.3. The van der Waals surface area contributed by atoms with Crippen molar-refractivity contribution >= 4 is 40.5 Å². The number of methoxy groups -OCH3 is 1. The molecule has 32 heavy (non-hydrogen) atoms. The lowest BCUT2D eigenvalue weighted by atomic mass is 9.86. The average Bonchev–Trinajstić information content (AvgIpc) is 3.35. The minimum absolute atomic E-state index is 0.145. The molecule has 0 fully saturated rings. The van der Waals surface area contributed by atoms with E-state index in [2.05, 4.69) is 11.4 Å². The van der Waals surface area contributed by atoms with Crippen molar-refractivity contribution in [3.63, 3.8) is 0 Å². The third kappa shape index (κ3) is 4.03. The number of rotatable bonds is 6. The van der Waals surface area contributed by atoms with Gasteiger partial charge in [0.05, 0.1) is 12.5 Å². The van der Waals surface area contributed by atoms with Crippen LogP contribution >= 0.6 is 11.3 Å². The summed E-state index contributed by atoms with van der Waals surface area (Å²) in [6, 6.07) is 16.9. The number of ether oxygens (including phenoxy) is 1. The third-order valence-corrected chi connectivity index (χ3v) is 6.60. The maximum absolute atomic E-state index is 13.1. The van der Waals surface area contributed by atoms with Gasteiger partial charge in [-0.1, -0.05) is 24.3 Å². The summed E-state index contributed by atoms with van der Waals surface area (Å²) in [5.74, 6) is -0.866. The van der Waals surface area contributed by atoms with E-state index in [1.807, 2.05) is 55.6 Å². The number of hydrogen-bond acceptors (Lipinski definition) is 5. The topological polar surface area (TPSA) is 75.7 Å². The Bertz CT molecular complexity index is 1180. The molecule has 164 valence electrons.